The van der Waals surface area contributed by atoms with E-state index in [-0.39, 0.29) is 12.2 Å². The van der Waals surface area contributed by atoms with Crippen molar-refractivity contribution in [3.8, 4) is 5.75 Å². The van der Waals surface area contributed by atoms with Crippen molar-refractivity contribution >= 4 is 46.7 Å². The highest BCUT2D eigenvalue weighted by atomic mass is 35.5. The van der Waals surface area contributed by atoms with E-state index in [2.05, 4.69) is 0 Å². The van der Waals surface area contributed by atoms with Crippen LogP contribution in [0.3, 0.4) is 0 Å². The molecule has 0 N–H and O–H groups in total. The number of esters is 1. The highest BCUT2D eigenvalue weighted by molar-refractivity contribution is 7.99. The van der Waals surface area contributed by atoms with E-state index in [0.29, 0.717) is 54.2 Å². The van der Waals surface area contributed by atoms with Gasteiger partial charge in [0.2, 0.25) is 0 Å². The lowest BCUT2D eigenvalue weighted by Gasteiger charge is -2.27. The maximum Gasteiger partial charge on any atom is 0.338 e. The smallest absolute Gasteiger partial charge is 0.338 e. The quantitative estimate of drug-likeness (QED) is 0.222. The normalized spacial score (nSPS) is 15.1. The number of aromatic nitrogens is 1. The Kier molecular flexibility index (Phi) is 8.63. The first-order valence-corrected chi connectivity index (χ1v) is 14.8. The summed E-state index contributed by atoms with van der Waals surface area (Å²) in [6, 6.07) is 17.9. The Bertz CT molecular complexity index is 1750. The van der Waals surface area contributed by atoms with Crippen LogP contribution in [0.15, 0.2) is 96.1 Å². The van der Waals surface area contributed by atoms with Crippen LogP contribution in [0.2, 0.25) is 5.02 Å². The zero-order valence-electron chi connectivity index (χ0n) is 22.2. The Morgan fingerprint density at radius 1 is 1.18 bits per heavy atom. The monoisotopic (exact) mass is 594 g/mol. The molecule has 0 bridgehead atoms. The van der Waals surface area contributed by atoms with E-state index in [1.807, 2.05) is 49.4 Å². The van der Waals surface area contributed by atoms with Gasteiger partial charge in [-0.25, -0.2) is 9.79 Å². The van der Waals surface area contributed by atoms with Crippen LogP contribution >= 0.6 is 34.7 Å². The van der Waals surface area contributed by atoms with Crippen LogP contribution in [0.25, 0.3) is 6.08 Å². The number of thiazole rings is 1. The fourth-order valence-corrected chi connectivity index (χ4v) is 6.51. The number of hydrogen-bond donors (Lipinski definition) is 0. The fourth-order valence-electron chi connectivity index (χ4n) is 4.53. The van der Waals surface area contributed by atoms with E-state index < -0.39 is 12.0 Å². The molecule has 5 rings (SSSR count). The standard InChI is InChI=1S/C30H27ClN2O5S2/c1-4-9-22-26(29(35)37-5-2)27(21-16-18(31)12-14-23(21)36-3)33-28(34)24(40-30(33)32-22)17-19-13-15-25(38-19)39-20-10-7-6-8-11-20/h6-8,10-17,27H,4-5,9H2,1-3H3/b24-17+/t27-/m1/s1. The maximum atomic E-state index is 14.0. The summed E-state index contributed by atoms with van der Waals surface area (Å²) in [5.74, 6) is 0.515. The van der Waals surface area contributed by atoms with Gasteiger partial charge >= 0.3 is 5.97 Å². The van der Waals surface area contributed by atoms with E-state index in [4.69, 9.17) is 30.5 Å². The molecule has 0 radical (unpaired) electrons. The number of rotatable bonds is 9. The third kappa shape index (κ3) is 5.68. The van der Waals surface area contributed by atoms with Gasteiger partial charge in [-0.2, -0.15) is 0 Å². The number of halogens is 1. The van der Waals surface area contributed by atoms with Crippen molar-refractivity contribution in [1.29, 1.82) is 0 Å². The van der Waals surface area contributed by atoms with Gasteiger partial charge in [-0.05, 0) is 55.8 Å². The molecule has 2 aromatic heterocycles. The average Bonchev–Trinajstić information content (AvgIpc) is 3.52. The number of nitrogens with zero attached hydrogens (tertiary/aromatic N) is 2. The van der Waals surface area contributed by atoms with Gasteiger partial charge in [0.25, 0.3) is 5.56 Å². The van der Waals surface area contributed by atoms with Crippen LogP contribution in [0.4, 0.5) is 0 Å². The number of fused-ring (bicyclic) bond motifs is 1. The van der Waals surface area contributed by atoms with Crippen molar-refractivity contribution < 1.29 is 18.7 Å². The first-order chi connectivity index (χ1) is 19.4. The van der Waals surface area contributed by atoms with Crippen LogP contribution < -0.4 is 19.6 Å². The second-order valence-electron chi connectivity index (χ2n) is 8.87. The molecule has 0 unspecified atom stereocenters. The fraction of sp³-hybridized carbons (Fsp3) is 0.233. The number of ether oxygens (including phenoxy) is 2. The highest BCUT2D eigenvalue weighted by Gasteiger charge is 2.36. The molecule has 0 aliphatic carbocycles. The largest absolute Gasteiger partial charge is 0.496 e. The molecule has 1 aliphatic heterocycles. The summed E-state index contributed by atoms with van der Waals surface area (Å²) < 4.78 is 19.1. The molecule has 0 amide bonds. The van der Waals surface area contributed by atoms with Gasteiger partial charge in [0.15, 0.2) is 9.89 Å². The van der Waals surface area contributed by atoms with Crippen molar-refractivity contribution in [3.05, 3.63) is 108 Å². The summed E-state index contributed by atoms with van der Waals surface area (Å²) in [5, 5.41) is 1.16. The molecule has 0 fully saturated rings. The third-order valence-corrected chi connectivity index (χ3v) is 8.36. The van der Waals surface area contributed by atoms with Gasteiger partial charge in [0.05, 0.1) is 29.5 Å². The number of hydrogen-bond acceptors (Lipinski definition) is 8. The average molecular weight is 595 g/mol. The van der Waals surface area contributed by atoms with Crippen LogP contribution in [0.1, 0.15) is 44.1 Å². The second kappa shape index (κ2) is 12.3. The van der Waals surface area contributed by atoms with Gasteiger partial charge in [-0.3, -0.25) is 9.36 Å². The summed E-state index contributed by atoms with van der Waals surface area (Å²) in [4.78, 5) is 33.6. The predicted octanol–water partition coefficient (Wildman–Crippen LogP) is 5.98. The molecule has 4 aromatic rings. The highest BCUT2D eigenvalue weighted by Crippen LogP contribution is 2.38. The molecule has 10 heteroatoms. The van der Waals surface area contributed by atoms with Gasteiger partial charge in [-0.15, -0.1) is 0 Å². The van der Waals surface area contributed by atoms with Gasteiger partial charge in [0.1, 0.15) is 17.6 Å². The summed E-state index contributed by atoms with van der Waals surface area (Å²) in [7, 11) is 1.54. The van der Waals surface area contributed by atoms with Gasteiger partial charge in [0, 0.05) is 21.6 Å². The number of methoxy groups -OCH3 is 1. The molecule has 3 heterocycles. The molecule has 0 saturated carbocycles. The lowest BCUT2D eigenvalue weighted by atomic mass is 9.93. The Morgan fingerprint density at radius 3 is 2.70 bits per heavy atom. The zero-order chi connectivity index (χ0) is 28.2. The van der Waals surface area contributed by atoms with E-state index >= 15 is 0 Å². The molecule has 2 aromatic carbocycles. The maximum absolute atomic E-state index is 14.0. The van der Waals surface area contributed by atoms with Crippen molar-refractivity contribution in [2.75, 3.05) is 13.7 Å². The number of benzene rings is 2. The molecular formula is C30H27ClN2O5S2. The molecule has 7 nitrogen and oxygen atoms in total. The molecule has 1 aliphatic rings. The Hall–Kier alpha value is -3.53. The van der Waals surface area contributed by atoms with E-state index in [1.165, 1.54) is 27.7 Å². The van der Waals surface area contributed by atoms with Gasteiger partial charge < -0.3 is 13.9 Å². The summed E-state index contributed by atoms with van der Waals surface area (Å²) in [6.45, 7) is 3.95. The van der Waals surface area contributed by atoms with E-state index in [0.717, 1.165) is 11.3 Å². The minimum absolute atomic E-state index is 0.188. The minimum Gasteiger partial charge on any atom is -0.496 e. The molecule has 0 saturated heterocycles. The van der Waals surface area contributed by atoms with Gasteiger partial charge in [-0.1, -0.05) is 66.2 Å². The van der Waals surface area contributed by atoms with Crippen LogP contribution in [-0.2, 0) is 9.53 Å². The first kappa shape index (κ1) is 28.0. The predicted molar refractivity (Wildman–Crippen MR) is 157 cm³/mol. The topological polar surface area (TPSA) is 83.0 Å². The Labute approximate surface area is 244 Å². The lowest BCUT2D eigenvalue weighted by molar-refractivity contribution is -0.139. The van der Waals surface area contributed by atoms with Crippen molar-refractivity contribution in [2.45, 2.75) is 42.7 Å². The number of carbonyl (C=O) groups is 1. The summed E-state index contributed by atoms with van der Waals surface area (Å²) in [5.41, 5.74) is 1.17. The Morgan fingerprint density at radius 2 is 1.98 bits per heavy atom. The van der Waals surface area contributed by atoms with E-state index in [9.17, 15) is 9.59 Å². The van der Waals surface area contributed by atoms with E-state index in [1.54, 1.807) is 38.3 Å². The van der Waals surface area contributed by atoms with Crippen LogP contribution in [-0.4, -0.2) is 24.3 Å². The number of furan rings is 1. The minimum atomic E-state index is -0.826. The van der Waals surface area contributed by atoms with Crippen molar-refractivity contribution in [3.63, 3.8) is 0 Å². The van der Waals surface area contributed by atoms with Crippen molar-refractivity contribution in [2.24, 2.45) is 4.99 Å². The summed E-state index contributed by atoms with van der Waals surface area (Å²) in [6.07, 6.45) is 3.00. The van der Waals surface area contributed by atoms with Crippen molar-refractivity contribution in [1.82, 2.24) is 4.57 Å². The third-order valence-electron chi connectivity index (χ3n) is 6.22. The SMILES string of the molecule is CCCC1=C(C(=O)OCC)[C@@H](c2cc(Cl)ccc2OC)n2c(s/c(=C/c3ccc(Sc4ccccc4)o3)c2=O)=N1. The molecular weight excluding hydrogens is 568 g/mol. The molecule has 40 heavy (non-hydrogen) atoms. The summed E-state index contributed by atoms with van der Waals surface area (Å²) >= 11 is 9.14. The molecule has 206 valence electrons. The number of carbonyl (C=O) groups excluding carboxylic acids is 1. The molecule has 0 spiro atoms. The number of allylic oxidation sites excluding steroid dienone is 1. The van der Waals surface area contributed by atoms with Crippen LogP contribution in [0.5, 0.6) is 5.75 Å². The second-order valence-corrected chi connectivity index (χ2v) is 11.4. The first-order valence-electron chi connectivity index (χ1n) is 12.8. The zero-order valence-corrected chi connectivity index (χ0v) is 24.6. The van der Waals surface area contributed by atoms with Crippen LogP contribution in [0, 0.1) is 0 Å². The Balaban J connectivity index is 1.67. The molecule has 1 atom stereocenters. The lowest BCUT2D eigenvalue weighted by Crippen LogP contribution is -2.40.